The van der Waals surface area contributed by atoms with Gasteiger partial charge in [-0.3, -0.25) is 14.4 Å². The van der Waals surface area contributed by atoms with Crippen molar-refractivity contribution in [2.45, 2.75) is 19.8 Å². The Morgan fingerprint density at radius 1 is 1.31 bits per heavy atom. The molecule has 1 aliphatic heterocycles. The summed E-state index contributed by atoms with van der Waals surface area (Å²) in [5, 5.41) is 10.4. The van der Waals surface area contributed by atoms with E-state index in [1.54, 1.807) is 16.0 Å². The third kappa shape index (κ3) is 4.49. The molecule has 1 N–H and O–H groups in total. The maximum atomic E-state index is 13.0. The first-order chi connectivity index (χ1) is 14.1. The van der Waals surface area contributed by atoms with Gasteiger partial charge in [0.15, 0.2) is 5.65 Å². The maximum absolute atomic E-state index is 13.0. The average molecular weight is 414 g/mol. The van der Waals surface area contributed by atoms with E-state index in [4.69, 9.17) is 9.72 Å². The van der Waals surface area contributed by atoms with Gasteiger partial charge in [-0.25, -0.2) is 4.98 Å². The topological polar surface area (TPSA) is 72.3 Å². The van der Waals surface area contributed by atoms with Crippen LogP contribution in [0.5, 0.6) is 0 Å². The number of fused-ring (bicyclic) bond motifs is 1. The highest BCUT2D eigenvalue weighted by Gasteiger charge is 2.19. The lowest BCUT2D eigenvalue weighted by molar-refractivity contribution is 0.0372. The molecule has 1 saturated heterocycles. The van der Waals surface area contributed by atoms with Crippen molar-refractivity contribution >= 4 is 28.3 Å². The number of carbonyl (C=O) groups is 1. The fourth-order valence-electron chi connectivity index (χ4n) is 3.76. The Labute approximate surface area is 174 Å². The van der Waals surface area contributed by atoms with Crippen molar-refractivity contribution in [2.75, 3.05) is 39.4 Å². The molecule has 1 aliphatic rings. The number of pyridine rings is 1. The van der Waals surface area contributed by atoms with Crippen molar-refractivity contribution in [2.24, 2.45) is 7.05 Å². The van der Waals surface area contributed by atoms with E-state index in [9.17, 15) is 4.79 Å². The first-order valence-corrected chi connectivity index (χ1v) is 11.0. The van der Waals surface area contributed by atoms with Crippen molar-refractivity contribution in [1.29, 1.82) is 0 Å². The highest BCUT2D eigenvalue weighted by atomic mass is 32.1. The van der Waals surface area contributed by atoms with Gasteiger partial charge in [0.1, 0.15) is 0 Å². The minimum atomic E-state index is -0.0577. The number of carbonyl (C=O) groups excluding carboxylic acids is 1. The zero-order valence-electron chi connectivity index (χ0n) is 17.0. The molecule has 7 nitrogen and oxygen atoms in total. The molecule has 154 valence electrons. The molecular formula is C21H27N5O2S. The van der Waals surface area contributed by atoms with Gasteiger partial charge in [-0.1, -0.05) is 6.07 Å². The minimum absolute atomic E-state index is 0.0577. The molecular weight excluding hydrogens is 386 g/mol. The summed E-state index contributed by atoms with van der Waals surface area (Å²) >= 11 is 1.62. The van der Waals surface area contributed by atoms with E-state index < -0.39 is 0 Å². The van der Waals surface area contributed by atoms with Crippen LogP contribution in [-0.4, -0.2) is 65.0 Å². The molecule has 3 aromatic rings. The standard InChI is InChI=1S/C21H27N5O2S/c1-15-19-16(21(27)22-7-3-4-8-26-9-11-28-12-10-26)14-17(18-6-5-13-29-18)23-20(19)25(2)24-15/h5-6,13-14H,3-4,7-12H2,1-2H3,(H,22,27). The van der Waals surface area contributed by atoms with E-state index in [-0.39, 0.29) is 5.91 Å². The third-order valence-corrected chi connectivity index (χ3v) is 6.17. The molecule has 0 radical (unpaired) electrons. The maximum Gasteiger partial charge on any atom is 0.252 e. The van der Waals surface area contributed by atoms with E-state index in [1.807, 2.05) is 37.6 Å². The van der Waals surface area contributed by atoms with Crippen LogP contribution in [-0.2, 0) is 11.8 Å². The molecule has 0 aromatic carbocycles. The summed E-state index contributed by atoms with van der Waals surface area (Å²) in [5.74, 6) is -0.0577. The molecule has 0 spiro atoms. The Balaban J connectivity index is 1.45. The van der Waals surface area contributed by atoms with Gasteiger partial charge in [-0.2, -0.15) is 5.10 Å². The molecule has 0 aliphatic carbocycles. The molecule has 1 amide bonds. The number of thiophene rings is 1. The van der Waals surface area contributed by atoms with Crippen LogP contribution in [0.3, 0.4) is 0 Å². The number of rotatable bonds is 7. The fourth-order valence-corrected chi connectivity index (χ4v) is 4.44. The lowest BCUT2D eigenvalue weighted by Crippen LogP contribution is -2.37. The van der Waals surface area contributed by atoms with E-state index in [0.29, 0.717) is 12.1 Å². The van der Waals surface area contributed by atoms with Crippen LogP contribution >= 0.6 is 11.3 Å². The van der Waals surface area contributed by atoms with Gasteiger partial charge in [0.2, 0.25) is 0 Å². The van der Waals surface area contributed by atoms with Gasteiger partial charge in [-0.05, 0) is 43.8 Å². The first-order valence-electron chi connectivity index (χ1n) is 10.1. The lowest BCUT2D eigenvalue weighted by Gasteiger charge is -2.26. The van der Waals surface area contributed by atoms with Crippen LogP contribution in [0, 0.1) is 6.92 Å². The number of amides is 1. The summed E-state index contributed by atoms with van der Waals surface area (Å²) in [7, 11) is 1.87. The van der Waals surface area contributed by atoms with Crippen molar-refractivity contribution in [3.8, 4) is 10.6 Å². The monoisotopic (exact) mass is 413 g/mol. The van der Waals surface area contributed by atoms with Crippen molar-refractivity contribution < 1.29 is 9.53 Å². The highest BCUT2D eigenvalue weighted by molar-refractivity contribution is 7.13. The zero-order chi connectivity index (χ0) is 20.2. The first kappa shape index (κ1) is 20.0. The Bertz CT molecular complexity index is 977. The molecule has 4 heterocycles. The fraction of sp³-hybridized carbons (Fsp3) is 0.476. The second-order valence-corrected chi connectivity index (χ2v) is 8.30. The highest BCUT2D eigenvalue weighted by Crippen LogP contribution is 2.29. The van der Waals surface area contributed by atoms with Crippen LogP contribution in [0.1, 0.15) is 28.9 Å². The van der Waals surface area contributed by atoms with Crippen LogP contribution in [0.4, 0.5) is 0 Å². The third-order valence-electron chi connectivity index (χ3n) is 5.28. The number of unbranched alkanes of at least 4 members (excludes halogenated alkanes) is 1. The normalized spacial score (nSPS) is 15.1. The second kappa shape index (κ2) is 9.02. The summed E-state index contributed by atoms with van der Waals surface area (Å²) in [6.07, 6.45) is 2.03. The predicted octanol–water partition coefficient (Wildman–Crippen LogP) is 2.85. The van der Waals surface area contributed by atoms with E-state index in [0.717, 1.165) is 73.0 Å². The van der Waals surface area contributed by atoms with Crippen molar-refractivity contribution in [3.63, 3.8) is 0 Å². The number of nitrogens with one attached hydrogen (secondary N) is 1. The van der Waals surface area contributed by atoms with E-state index in [1.165, 1.54) is 0 Å². The summed E-state index contributed by atoms with van der Waals surface area (Å²) < 4.78 is 7.13. The SMILES string of the molecule is Cc1nn(C)c2nc(-c3cccs3)cc(C(=O)NCCCCN3CCOCC3)c12. The van der Waals surface area contributed by atoms with Gasteiger partial charge in [-0.15, -0.1) is 11.3 Å². The Morgan fingerprint density at radius 2 is 2.14 bits per heavy atom. The molecule has 29 heavy (non-hydrogen) atoms. The van der Waals surface area contributed by atoms with Gasteiger partial charge in [0.05, 0.1) is 40.4 Å². The summed E-state index contributed by atoms with van der Waals surface area (Å²) in [6, 6.07) is 5.91. The van der Waals surface area contributed by atoms with Crippen molar-refractivity contribution in [1.82, 2.24) is 25.0 Å². The van der Waals surface area contributed by atoms with Crippen LogP contribution in [0.25, 0.3) is 21.6 Å². The number of nitrogens with zero attached hydrogens (tertiary/aromatic N) is 4. The molecule has 8 heteroatoms. The summed E-state index contributed by atoms with van der Waals surface area (Å²) in [4.78, 5) is 21.2. The van der Waals surface area contributed by atoms with E-state index in [2.05, 4.69) is 15.3 Å². The molecule has 1 fully saturated rings. The largest absolute Gasteiger partial charge is 0.379 e. The number of aromatic nitrogens is 3. The quantitative estimate of drug-likeness (QED) is 0.603. The summed E-state index contributed by atoms with van der Waals surface area (Å²) in [5.41, 5.74) is 3.03. The average Bonchev–Trinajstić information content (AvgIpc) is 3.36. The molecule has 4 rings (SSSR count). The van der Waals surface area contributed by atoms with Crippen LogP contribution < -0.4 is 5.32 Å². The Morgan fingerprint density at radius 3 is 2.90 bits per heavy atom. The number of aryl methyl sites for hydroxylation is 2. The number of ether oxygens (including phenoxy) is 1. The Kier molecular flexibility index (Phi) is 6.22. The van der Waals surface area contributed by atoms with Crippen LogP contribution in [0.15, 0.2) is 23.6 Å². The van der Waals surface area contributed by atoms with Gasteiger partial charge in [0, 0.05) is 26.7 Å². The van der Waals surface area contributed by atoms with Gasteiger partial charge >= 0.3 is 0 Å². The second-order valence-electron chi connectivity index (χ2n) is 7.36. The van der Waals surface area contributed by atoms with Gasteiger partial charge < -0.3 is 10.1 Å². The van der Waals surface area contributed by atoms with E-state index >= 15 is 0 Å². The molecule has 0 unspecified atom stereocenters. The molecule has 0 atom stereocenters. The predicted molar refractivity (Wildman–Crippen MR) is 115 cm³/mol. The molecule has 0 saturated carbocycles. The lowest BCUT2D eigenvalue weighted by atomic mass is 10.1. The van der Waals surface area contributed by atoms with Gasteiger partial charge in [0.25, 0.3) is 5.91 Å². The molecule has 3 aromatic heterocycles. The van der Waals surface area contributed by atoms with Crippen LogP contribution in [0.2, 0.25) is 0 Å². The zero-order valence-corrected chi connectivity index (χ0v) is 17.8. The number of hydrogen-bond donors (Lipinski definition) is 1. The minimum Gasteiger partial charge on any atom is -0.379 e. The molecule has 0 bridgehead atoms. The summed E-state index contributed by atoms with van der Waals surface area (Å²) in [6.45, 7) is 7.31. The Hall–Kier alpha value is -2.29. The number of hydrogen-bond acceptors (Lipinski definition) is 6. The van der Waals surface area contributed by atoms with Crippen molar-refractivity contribution in [3.05, 3.63) is 34.8 Å². The smallest absolute Gasteiger partial charge is 0.252 e. The number of morpholine rings is 1.